The van der Waals surface area contributed by atoms with Gasteiger partial charge in [0.1, 0.15) is 0 Å². The number of hydrogen-bond donors (Lipinski definition) is 0. The second kappa shape index (κ2) is 4.55. The van der Waals surface area contributed by atoms with E-state index in [0.717, 1.165) is 5.56 Å². The summed E-state index contributed by atoms with van der Waals surface area (Å²) in [5.41, 5.74) is 1.37. The second-order valence-corrected chi connectivity index (χ2v) is 2.79. The molecule has 0 atom stereocenters. The zero-order valence-electron chi connectivity index (χ0n) is 7.46. The van der Waals surface area contributed by atoms with Gasteiger partial charge in [-0.1, -0.05) is 30.3 Å². The predicted molar refractivity (Wildman–Crippen MR) is 51.1 cm³/mol. The lowest BCUT2D eigenvalue weighted by Crippen LogP contribution is -2.00. The molecule has 0 radical (unpaired) electrons. The van der Waals surface area contributed by atoms with Crippen LogP contribution in [0.4, 0.5) is 4.39 Å². The van der Waals surface area contributed by atoms with Crippen LogP contribution in [0.1, 0.15) is 12.5 Å². The van der Waals surface area contributed by atoms with Crippen LogP contribution < -0.4 is 0 Å². The summed E-state index contributed by atoms with van der Waals surface area (Å²) in [7, 11) is 0. The summed E-state index contributed by atoms with van der Waals surface area (Å²) in [6, 6.07) is 9.38. The predicted octanol–water partition coefficient (Wildman–Crippen LogP) is 2.63. The molecule has 68 valence electrons. The van der Waals surface area contributed by atoms with Crippen LogP contribution in [0.3, 0.4) is 0 Å². The Bertz CT molecular complexity index is 314. The van der Waals surface area contributed by atoms with Gasteiger partial charge >= 0.3 is 0 Å². The molecule has 0 heterocycles. The summed E-state index contributed by atoms with van der Waals surface area (Å²) >= 11 is 0. The van der Waals surface area contributed by atoms with Gasteiger partial charge in [0.05, 0.1) is 0 Å². The van der Waals surface area contributed by atoms with E-state index >= 15 is 0 Å². The van der Waals surface area contributed by atoms with E-state index in [1.165, 1.54) is 0 Å². The third kappa shape index (κ3) is 2.82. The highest BCUT2D eigenvalue weighted by molar-refractivity contribution is 5.99. The molecule has 0 unspecified atom stereocenters. The van der Waals surface area contributed by atoms with Crippen LogP contribution in [0.25, 0.3) is 6.08 Å². The Hall–Kier alpha value is -1.44. The largest absolute Gasteiger partial charge is 0.292 e. The van der Waals surface area contributed by atoms with Gasteiger partial charge in [0.2, 0.25) is 0 Å². The van der Waals surface area contributed by atoms with Crippen LogP contribution in [-0.4, -0.2) is 12.5 Å². The molecule has 0 aliphatic rings. The summed E-state index contributed by atoms with van der Waals surface area (Å²) in [5.74, 6) is -0.455. The van der Waals surface area contributed by atoms with Gasteiger partial charge in [-0.2, -0.15) is 0 Å². The first kappa shape index (κ1) is 9.65. The molecule has 0 saturated carbocycles. The van der Waals surface area contributed by atoms with Crippen LogP contribution in [0.5, 0.6) is 0 Å². The van der Waals surface area contributed by atoms with E-state index in [0.29, 0.717) is 5.57 Å². The van der Waals surface area contributed by atoms with E-state index in [1.54, 1.807) is 13.0 Å². The summed E-state index contributed by atoms with van der Waals surface area (Å²) in [4.78, 5) is 10.9. The third-order valence-electron chi connectivity index (χ3n) is 1.74. The van der Waals surface area contributed by atoms with Gasteiger partial charge in [-0.25, -0.2) is 4.39 Å². The topological polar surface area (TPSA) is 17.1 Å². The third-order valence-corrected chi connectivity index (χ3v) is 1.74. The molecule has 2 heteroatoms. The SMILES string of the molecule is C/C(=C/c1ccccc1)C(=O)CF. The molecular formula is C11H11FO. The molecule has 13 heavy (non-hydrogen) atoms. The maximum Gasteiger partial charge on any atom is 0.189 e. The Labute approximate surface area is 76.9 Å². The number of halogens is 1. The molecule has 0 bridgehead atoms. The van der Waals surface area contributed by atoms with Crippen molar-refractivity contribution in [2.45, 2.75) is 6.92 Å². The summed E-state index contributed by atoms with van der Waals surface area (Å²) in [6.07, 6.45) is 1.68. The fraction of sp³-hybridized carbons (Fsp3) is 0.182. The Morgan fingerprint density at radius 1 is 1.38 bits per heavy atom. The highest BCUT2D eigenvalue weighted by Gasteiger charge is 2.02. The van der Waals surface area contributed by atoms with E-state index in [-0.39, 0.29) is 0 Å². The van der Waals surface area contributed by atoms with Gasteiger partial charge < -0.3 is 0 Å². The standard InChI is InChI=1S/C11H11FO/c1-9(11(13)8-12)7-10-5-3-2-4-6-10/h2-7H,8H2,1H3/b9-7-. The lowest BCUT2D eigenvalue weighted by atomic mass is 10.1. The highest BCUT2D eigenvalue weighted by atomic mass is 19.1. The molecule has 0 saturated heterocycles. The van der Waals surface area contributed by atoms with Gasteiger partial charge in [0, 0.05) is 0 Å². The Morgan fingerprint density at radius 2 is 2.00 bits per heavy atom. The fourth-order valence-electron chi connectivity index (χ4n) is 0.985. The maximum absolute atomic E-state index is 11.9. The first-order valence-electron chi connectivity index (χ1n) is 4.06. The molecular weight excluding hydrogens is 167 g/mol. The van der Waals surface area contributed by atoms with Gasteiger partial charge in [0.15, 0.2) is 12.5 Å². The number of benzene rings is 1. The smallest absolute Gasteiger partial charge is 0.189 e. The van der Waals surface area contributed by atoms with Crippen molar-refractivity contribution in [3.8, 4) is 0 Å². The van der Waals surface area contributed by atoms with Crippen LogP contribution in [0.15, 0.2) is 35.9 Å². The van der Waals surface area contributed by atoms with Gasteiger partial charge in [0.25, 0.3) is 0 Å². The number of allylic oxidation sites excluding steroid dienone is 1. The molecule has 0 fully saturated rings. The van der Waals surface area contributed by atoms with E-state index in [2.05, 4.69) is 0 Å². The van der Waals surface area contributed by atoms with Crippen LogP contribution in [0, 0.1) is 0 Å². The van der Waals surface area contributed by atoms with Crippen molar-refractivity contribution in [2.24, 2.45) is 0 Å². The normalized spacial score (nSPS) is 11.4. The first-order valence-corrected chi connectivity index (χ1v) is 4.06. The average molecular weight is 178 g/mol. The summed E-state index contributed by atoms with van der Waals surface area (Å²) in [6.45, 7) is 0.698. The van der Waals surface area contributed by atoms with Crippen molar-refractivity contribution < 1.29 is 9.18 Å². The zero-order chi connectivity index (χ0) is 9.68. The van der Waals surface area contributed by atoms with Gasteiger partial charge in [-0.3, -0.25) is 4.79 Å². The van der Waals surface area contributed by atoms with Crippen LogP contribution in [0.2, 0.25) is 0 Å². The molecule has 1 nitrogen and oxygen atoms in total. The second-order valence-electron chi connectivity index (χ2n) is 2.79. The Balaban J connectivity index is 2.83. The van der Waals surface area contributed by atoms with Gasteiger partial charge in [-0.15, -0.1) is 0 Å². The number of carbonyl (C=O) groups is 1. The van der Waals surface area contributed by atoms with Crippen LogP contribution >= 0.6 is 0 Å². The maximum atomic E-state index is 11.9. The van der Waals surface area contributed by atoms with E-state index < -0.39 is 12.5 Å². The number of hydrogen-bond acceptors (Lipinski definition) is 1. The van der Waals surface area contributed by atoms with E-state index in [9.17, 15) is 9.18 Å². The van der Waals surface area contributed by atoms with Crippen molar-refractivity contribution >= 4 is 11.9 Å². The van der Waals surface area contributed by atoms with E-state index in [1.807, 2.05) is 30.3 Å². The van der Waals surface area contributed by atoms with Crippen molar-refractivity contribution in [3.05, 3.63) is 41.5 Å². The first-order chi connectivity index (χ1) is 6.24. The number of carbonyl (C=O) groups excluding carboxylic acids is 1. The number of rotatable bonds is 3. The molecule has 0 N–H and O–H groups in total. The molecule has 0 spiro atoms. The minimum atomic E-state index is -0.921. The lowest BCUT2D eigenvalue weighted by molar-refractivity contribution is -0.116. The molecule has 0 amide bonds. The molecule has 0 aliphatic heterocycles. The highest BCUT2D eigenvalue weighted by Crippen LogP contribution is 2.06. The van der Waals surface area contributed by atoms with Crippen molar-refractivity contribution in [1.82, 2.24) is 0 Å². The molecule has 1 rings (SSSR count). The zero-order valence-corrected chi connectivity index (χ0v) is 7.46. The van der Waals surface area contributed by atoms with Crippen LogP contribution in [-0.2, 0) is 4.79 Å². The minimum Gasteiger partial charge on any atom is -0.292 e. The lowest BCUT2D eigenvalue weighted by Gasteiger charge is -1.96. The Morgan fingerprint density at radius 3 is 2.54 bits per heavy atom. The molecule has 1 aromatic rings. The minimum absolute atomic E-state index is 0.453. The monoisotopic (exact) mass is 178 g/mol. The van der Waals surface area contributed by atoms with Crippen molar-refractivity contribution in [2.75, 3.05) is 6.67 Å². The number of alkyl halides is 1. The molecule has 0 aromatic heterocycles. The van der Waals surface area contributed by atoms with Gasteiger partial charge in [-0.05, 0) is 24.1 Å². The van der Waals surface area contributed by atoms with E-state index in [4.69, 9.17) is 0 Å². The molecule has 0 aliphatic carbocycles. The quantitative estimate of drug-likeness (QED) is 0.650. The summed E-state index contributed by atoms with van der Waals surface area (Å²) < 4.78 is 11.9. The fourth-order valence-corrected chi connectivity index (χ4v) is 0.985. The average Bonchev–Trinajstić information content (AvgIpc) is 2.18. The van der Waals surface area contributed by atoms with Crippen molar-refractivity contribution in [3.63, 3.8) is 0 Å². The Kier molecular flexibility index (Phi) is 3.38. The van der Waals surface area contributed by atoms with Crippen molar-refractivity contribution in [1.29, 1.82) is 0 Å². The summed E-state index contributed by atoms with van der Waals surface area (Å²) in [5, 5.41) is 0. The number of ketones is 1. The number of Topliss-reactive ketones (excluding diaryl/α,β-unsaturated/α-hetero) is 1. The molecule has 1 aromatic carbocycles.